The van der Waals surface area contributed by atoms with Crippen LogP contribution in [0.3, 0.4) is 0 Å². The van der Waals surface area contributed by atoms with E-state index in [9.17, 15) is 13.2 Å². The van der Waals surface area contributed by atoms with Crippen molar-refractivity contribution >= 4 is 15.9 Å². The van der Waals surface area contributed by atoms with E-state index in [0.717, 1.165) is 6.07 Å². The summed E-state index contributed by atoms with van der Waals surface area (Å²) >= 11 is 3.01. The second kappa shape index (κ2) is 6.26. The predicted octanol–water partition coefficient (Wildman–Crippen LogP) is 4.36. The van der Waals surface area contributed by atoms with Gasteiger partial charge in [-0.15, -0.1) is 0 Å². The Balaban J connectivity index is 2.32. The molecule has 0 spiro atoms. The van der Waals surface area contributed by atoms with Gasteiger partial charge in [-0.05, 0) is 24.6 Å². The van der Waals surface area contributed by atoms with Gasteiger partial charge in [0.1, 0.15) is 0 Å². The van der Waals surface area contributed by atoms with Gasteiger partial charge in [0.05, 0.1) is 11.6 Å². The third-order valence-corrected chi connectivity index (χ3v) is 3.17. The van der Waals surface area contributed by atoms with Crippen LogP contribution in [0.5, 0.6) is 0 Å². The van der Waals surface area contributed by atoms with E-state index in [4.69, 9.17) is 9.78 Å². The Morgan fingerprint density at radius 3 is 2.76 bits per heavy atom. The SMILES string of the molecule is N#CCCCc1nc(-c2ccc(Br)cc2C(F)(F)F)no1. The monoisotopic (exact) mass is 359 g/mol. The molecule has 0 aliphatic carbocycles. The van der Waals surface area contributed by atoms with E-state index in [0.29, 0.717) is 23.7 Å². The molecule has 1 aromatic heterocycles. The second-order valence-electron chi connectivity index (χ2n) is 4.21. The molecule has 0 radical (unpaired) electrons. The molecule has 0 unspecified atom stereocenters. The average Bonchev–Trinajstić information content (AvgIpc) is 2.87. The first kappa shape index (κ1) is 15.5. The van der Waals surface area contributed by atoms with Gasteiger partial charge in [0.25, 0.3) is 0 Å². The fourth-order valence-corrected chi connectivity index (χ4v) is 2.09. The Bertz CT molecular complexity index is 676. The molecule has 0 fully saturated rings. The lowest BCUT2D eigenvalue weighted by atomic mass is 10.1. The largest absolute Gasteiger partial charge is 0.417 e. The van der Waals surface area contributed by atoms with Gasteiger partial charge in [0.15, 0.2) is 0 Å². The number of alkyl halides is 3. The summed E-state index contributed by atoms with van der Waals surface area (Å²) in [6.07, 6.45) is -3.31. The molecule has 0 aliphatic heterocycles. The number of rotatable bonds is 4. The maximum atomic E-state index is 13.0. The van der Waals surface area contributed by atoms with Gasteiger partial charge in [-0.2, -0.15) is 23.4 Å². The van der Waals surface area contributed by atoms with E-state index >= 15 is 0 Å². The van der Waals surface area contributed by atoms with E-state index < -0.39 is 11.7 Å². The summed E-state index contributed by atoms with van der Waals surface area (Å²) < 4.78 is 44.3. The van der Waals surface area contributed by atoms with Gasteiger partial charge in [-0.1, -0.05) is 21.1 Å². The first-order valence-corrected chi connectivity index (χ1v) is 6.78. The van der Waals surface area contributed by atoms with Crippen LogP contribution in [0.2, 0.25) is 0 Å². The molecule has 0 aliphatic rings. The number of hydrogen-bond acceptors (Lipinski definition) is 4. The molecule has 21 heavy (non-hydrogen) atoms. The molecule has 110 valence electrons. The van der Waals surface area contributed by atoms with E-state index in [1.165, 1.54) is 12.1 Å². The van der Waals surface area contributed by atoms with Crippen molar-refractivity contribution in [3.8, 4) is 17.5 Å². The Labute approximate surface area is 126 Å². The van der Waals surface area contributed by atoms with Gasteiger partial charge in [-0.25, -0.2) is 0 Å². The summed E-state index contributed by atoms with van der Waals surface area (Å²) in [6.45, 7) is 0. The molecule has 0 amide bonds. The Kier molecular flexibility index (Phi) is 4.63. The molecule has 0 bridgehead atoms. The summed E-state index contributed by atoms with van der Waals surface area (Å²) in [5.41, 5.74) is -0.970. The van der Waals surface area contributed by atoms with Gasteiger partial charge < -0.3 is 4.52 Å². The number of hydrogen-bond donors (Lipinski definition) is 0. The van der Waals surface area contributed by atoms with Crippen molar-refractivity contribution in [2.45, 2.75) is 25.4 Å². The molecular formula is C13H9BrF3N3O. The number of nitrogens with zero attached hydrogens (tertiary/aromatic N) is 3. The molecule has 8 heteroatoms. The average molecular weight is 360 g/mol. The van der Waals surface area contributed by atoms with E-state index in [1.807, 2.05) is 6.07 Å². The van der Waals surface area contributed by atoms with Crippen LogP contribution >= 0.6 is 15.9 Å². The number of aromatic nitrogens is 2. The molecule has 0 saturated heterocycles. The number of halogens is 4. The van der Waals surface area contributed by atoms with Crippen LogP contribution in [-0.4, -0.2) is 10.1 Å². The topological polar surface area (TPSA) is 62.7 Å². The standard InChI is InChI=1S/C13H9BrF3N3O/c14-8-4-5-9(10(7-8)13(15,16)17)12-19-11(21-20-12)3-1-2-6-18/h4-5,7H,1-3H2. The first-order valence-electron chi connectivity index (χ1n) is 5.98. The van der Waals surface area contributed by atoms with Gasteiger partial charge in [0.2, 0.25) is 11.7 Å². The van der Waals surface area contributed by atoms with Crippen LogP contribution in [0.15, 0.2) is 27.2 Å². The predicted molar refractivity (Wildman–Crippen MR) is 71.0 cm³/mol. The first-order chi connectivity index (χ1) is 9.91. The zero-order valence-corrected chi connectivity index (χ0v) is 12.2. The fraction of sp³-hybridized carbons (Fsp3) is 0.308. The molecular weight excluding hydrogens is 351 g/mol. The van der Waals surface area contributed by atoms with Gasteiger partial charge in [0, 0.05) is 22.9 Å². The molecule has 0 atom stereocenters. The minimum Gasteiger partial charge on any atom is -0.339 e. The van der Waals surface area contributed by atoms with E-state index in [-0.39, 0.29) is 17.3 Å². The van der Waals surface area contributed by atoms with Crippen LogP contribution in [0.25, 0.3) is 11.4 Å². The summed E-state index contributed by atoms with van der Waals surface area (Å²) in [5.74, 6) is 0.109. The molecule has 2 aromatic rings. The second-order valence-corrected chi connectivity index (χ2v) is 5.13. The molecule has 1 aromatic carbocycles. The highest BCUT2D eigenvalue weighted by atomic mass is 79.9. The quantitative estimate of drug-likeness (QED) is 0.760. The van der Waals surface area contributed by atoms with Crippen LogP contribution in [-0.2, 0) is 12.6 Å². The zero-order valence-electron chi connectivity index (χ0n) is 10.6. The maximum absolute atomic E-state index is 13.0. The molecule has 4 nitrogen and oxygen atoms in total. The van der Waals surface area contributed by atoms with Crippen molar-refractivity contribution in [2.75, 3.05) is 0 Å². The van der Waals surface area contributed by atoms with Crippen molar-refractivity contribution in [2.24, 2.45) is 0 Å². The lowest BCUT2D eigenvalue weighted by Gasteiger charge is -2.10. The molecule has 1 heterocycles. The molecule has 0 N–H and O–H groups in total. The Morgan fingerprint density at radius 1 is 1.33 bits per heavy atom. The Morgan fingerprint density at radius 2 is 2.10 bits per heavy atom. The fourth-order valence-electron chi connectivity index (χ4n) is 1.73. The van der Waals surface area contributed by atoms with E-state index in [2.05, 4.69) is 26.1 Å². The minimum absolute atomic E-state index is 0.109. The van der Waals surface area contributed by atoms with Crippen LogP contribution < -0.4 is 0 Å². The van der Waals surface area contributed by atoms with Crippen molar-refractivity contribution < 1.29 is 17.7 Å². The number of aryl methyl sites for hydroxylation is 1. The van der Waals surface area contributed by atoms with E-state index in [1.54, 1.807) is 0 Å². The van der Waals surface area contributed by atoms with Crippen molar-refractivity contribution in [1.29, 1.82) is 5.26 Å². The highest BCUT2D eigenvalue weighted by Crippen LogP contribution is 2.37. The van der Waals surface area contributed by atoms with Crippen LogP contribution in [0.4, 0.5) is 13.2 Å². The smallest absolute Gasteiger partial charge is 0.339 e. The third-order valence-electron chi connectivity index (χ3n) is 2.68. The summed E-state index contributed by atoms with van der Waals surface area (Å²) in [6, 6.07) is 5.71. The number of nitriles is 1. The third kappa shape index (κ3) is 3.82. The summed E-state index contributed by atoms with van der Waals surface area (Å²) in [7, 11) is 0. The summed E-state index contributed by atoms with van der Waals surface area (Å²) in [4.78, 5) is 3.95. The summed E-state index contributed by atoms with van der Waals surface area (Å²) in [5, 5.41) is 12.0. The number of unbranched alkanes of at least 4 members (excludes halogenated alkanes) is 1. The minimum atomic E-state index is -4.51. The Hall–Kier alpha value is -1.88. The molecule has 0 saturated carbocycles. The molecule has 2 rings (SSSR count). The van der Waals surface area contributed by atoms with Gasteiger partial charge in [-0.3, -0.25) is 0 Å². The number of benzene rings is 1. The van der Waals surface area contributed by atoms with Crippen molar-refractivity contribution in [1.82, 2.24) is 10.1 Å². The highest BCUT2D eigenvalue weighted by molar-refractivity contribution is 9.10. The lowest BCUT2D eigenvalue weighted by Crippen LogP contribution is -2.07. The lowest BCUT2D eigenvalue weighted by molar-refractivity contribution is -0.137. The maximum Gasteiger partial charge on any atom is 0.417 e. The van der Waals surface area contributed by atoms with Crippen LogP contribution in [0.1, 0.15) is 24.3 Å². The van der Waals surface area contributed by atoms with Gasteiger partial charge >= 0.3 is 6.18 Å². The zero-order chi connectivity index (χ0) is 15.5. The normalized spacial score (nSPS) is 11.4. The van der Waals surface area contributed by atoms with Crippen molar-refractivity contribution in [3.05, 3.63) is 34.1 Å². The highest BCUT2D eigenvalue weighted by Gasteiger charge is 2.35. The van der Waals surface area contributed by atoms with Crippen LogP contribution in [0, 0.1) is 11.3 Å². The van der Waals surface area contributed by atoms with Crippen molar-refractivity contribution in [3.63, 3.8) is 0 Å².